The van der Waals surface area contributed by atoms with Gasteiger partial charge in [0, 0.05) is 11.8 Å². The second-order valence-electron chi connectivity index (χ2n) is 3.46. The summed E-state index contributed by atoms with van der Waals surface area (Å²) in [5, 5.41) is 8.93. The normalized spacial score (nSPS) is 21.3. The molecule has 0 bridgehead atoms. The Balaban J connectivity index is 2.31. The largest absolute Gasteiger partial charge is 0.480 e. The van der Waals surface area contributed by atoms with Crippen LogP contribution in [0.15, 0.2) is 0 Å². The molecule has 1 saturated carbocycles. The van der Waals surface area contributed by atoms with E-state index < -0.39 is 11.2 Å². The molecule has 0 aliphatic heterocycles. The molecule has 0 saturated heterocycles. The molecule has 1 aliphatic carbocycles. The molecule has 0 aromatic heterocycles. The molecule has 1 atom stereocenters. The van der Waals surface area contributed by atoms with Crippen molar-refractivity contribution in [2.75, 3.05) is 6.54 Å². The Morgan fingerprint density at radius 3 is 2.54 bits per heavy atom. The molecule has 0 unspecified atom stereocenters. The summed E-state index contributed by atoms with van der Waals surface area (Å²) in [6, 6.07) is 0. The van der Waals surface area contributed by atoms with Gasteiger partial charge < -0.3 is 10.8 Å². The summed E-state index contributed by atoms with van der Waals surface area (Å²) in [4.78, 5) is 10.7. The molecule has 3 N–H and O–H groups in total. The lowest BCUT2D eigenvalue weighted by molar-refractivity contribution is -0.136. The van der Waals surface area contributed by atoms with Gasteiger partial charge in [-0.2, -0.15) is 0 Å². The molecule has 1 aliphatic rings. The molecule has 0 radical (unpaired) electrons. The van der Waals surface area contributed by atoms with Crippen molar-refractivity contribution in [1.82, 2.24) is 0 Å². The van der Waals surface area contributed by atoms with Crippen molar-refractivity contribution in [3.63, 3.8) is 0 Å². The number of carboxylic acid groups (broad SMARTS) is 1. The minimum absolute atomic E-state index is 0.247. The van der Waals surface area contributed by atoms with E-state index in [0.29, 0.717) is 5.25 Å². The number of aliphatic carboxylic acids is 1. The quantitative estimate of drug-likeness (QED) is 0.726. The van der Waals surface area contributed by atoms with Gasteiger partial charge in [-0.15, -0.1) is 11.8 Å². The van der Waals surface area contributed by atoms with Gasteiger partial charge in [0.15, 0.2) is 0 Å². The van der Waals surface area contributed by atoms with Gasteiger partial charge in [-0.1, -0.05) is 19.3 Å². The monoisotopic (exact) mass is 203 g/mol. The number of thioether (sulfide) groups is 1. The van der Waals surface area contributed by atoms with E-state index in [2.05, 4.69) is 0 Å². The number of carboxylic acids is 1. The van der Waals surface area contributed by atoms with Crippen molar-refractivity contribution < 1.29 is 9.90 Å². The third-order valence-electron chi connectivity index (χ3n) is 2.40. The maximum Gasteiger partial charge on any atom is 0.317 e. The Bertz CT molecular complexity index is 169. The summed E-state index contributed by atoms with van der Waals surface area (Å²) in [6.45, 7) is 0.247. The highest BCUT2D eigenvalue weighted by molar-refractivity contribution is 8.01. The van der Waals surface area contributed by atoms with Gasteiger partial charge in [0.2, 0.25) is 0 Å². The van der Waals surface area contributed by atoms with E-state index in [4.69, 9.17) is 10.8 Å². The topological polar surface area (TPSA) is 63.3 Å². The van der Waals surface area contributed by atoms with Gasteiger partial charge in [-0.05, 0) is 12.8 Å². The second-order valence-corrected chi connectivity index (χ2v) is 4.97. The lowest BCUT2D eigenvalue weighted by Gasteiger charge is -2.23. The first kappa shape index (κ1) is 10.9. The minimum atomic E-state index is -0.766. The fourth-order valence-electron chi connectivity index (χ4n) is 1.65. The van der Waals surface area contributed by atoms with Gasteiger partial charge in [0.05, 0.1) is 0 Å². The molecule has 0 heterocycles. The van der Waals surface area contributed by atoms with Gasteiger partial charge in [-0.25, -0.2) is 0 Å². The average Bonchev–Trinajstić information content (AvgIpc) is 2.15. The molecule has 76 valence electrons. The maximum atomic E-state index is 10.7. The number of nitrogens with two attached hydrogens (primary N) is 1. The molecular weight excluding hydrogens is 186 g/mol. The molecule has 13 heavy (non-hydrogen) atoms. The van der Waals surface area contributed by atoms with Crippen LogP contribution in [0, 0.1) is 0 Å². The van der Waals surface area contributed by atoms with Gasteiger partial charge >= 0.3 is 5.97 Å². The summed E-state index contributed by atoms with van der Waals surface area (Å²) in [5.74, 6) is -0.766. The predicted octanol–water partition coefficient (Wildman–Crippen LogP) is 1.46. The zero-order valence-electron chi connectivity index (χ0n) is 7.74. The molecule has 0 aromatic carbocycles. The predicted molar refractivity (Wildman–Crippen MR) is 54.9 cm³/mol. The van der Waals surface area contributed by atoms with Crippen LogP contribution in [0.3, 0.4) is 0 Å². The van der Waals surface area contributed by atoms with E-state index in [1.165, 1.54) is 19.3 Å². The molecule has 0 spiro atoms. The SMILES string of the molecule is NC[C@@H](SC1CCCCC1)C(=O)O. The van der Waals surface area contributed by atoms with Crippen molar-refractivity contribution in [1.29, 1.82) is 0 Å². The molecule has 0 amide bonds. The highest BCUT2D eigenvalue weighted by Crippen LogP contribution is 2.30. The minimum Gasteiger partial charge on any atom is -0.480 e. The number of hydrogen-bond acceptors (Lipinski definition) is 3. The molecular formula is C9H17NO2S. The van der Waals surface area contributed by atoms with E-state index in [0.717, 1.165) is 12.8 Å². The highest BCUT2D eigenvalue weighted by atomic mass is 32.2. The van der Waals surface area contributed by atoms with Crippen LogP contribution < -0.4 is 5.73 Å². The zero-order chi connectivity index (χ0) is 9.68. The Kier molecular flexibility index (Phi) is 4.59. The third kappa shape index (κ3) is 3.56. The standard InChI is InChI=1S/C9H17NO2S/c10-6-8(9(11)12)13-7-4-2-1-3-5-7/h7-8H,1-6,10H2,(H,11,12)/t8-/m1/s1. The summed E-state index contributed by atoms with van der Waals surface area (Å²) in [5.41, 5.74) is 5.39. The van der Waals surface area contributed by atoms with Crippen LogP contribution >= 0.6 is 11.8 Å². The first-order valence-corrected chi connectivity index (χ1v) is 5.76. The van der Waals surface area contributed by atoms with Crippen LogP contribution in [0.4, 0.5) is 0 Å². The van der Waals surface area contributed by atoms with Crippen molar-refractivity contribution >= 4 is 17.7 Å². The summed E-state index contributed by atoms with van der Waals surface area (Å²) in [6.07, 6.45) is 6.11. The Labute approximate surface area is 83.1 Å². The van der Waals surface area contributed by atoms with E-state index in [1.807, 2.05) is 0 Å². The number of carbonyl (C=O) groups is 1. The van der Waals surface area contributed by atoms with Crippen molar-refractivity contribution in [3.05, 3.63) is 0 Å². The Hall–Kier alpha value is -0.220. The van der Waals surface area contributed by atoms with Crippen LogP contribution in [0.2, 0.25) is 0 Å². The van der Waals surface area contributed by atoms with Crippen LogP contribution in [-0.2, 0) is 4.79 Å². The lowest BCUT2D eigenvalue weighted by Crippen LogP contribution is -2.29. The Morgan fingerprint density at radius 1 is 1.46 bits per heavy atom. The molecule has 3 nitrogen and oxygen atoms in total. The van der Waals surface area contributed by atoms with Crippen LogP contribution in [0.25, 0.3) is 0 Å². The lowest BCUT2D eigenvalue weighted by atomic mass is 10.0. The van der Waals surface area contributed by atoms with Gasteiger partial charge in [0.1, 0.15) is 5.25 Å². The van der Waals surface area contributed by atoms with Crippen LogP contribution in [0.5, 0.6) is 0 Å². The van der Waals surface area contributed by atoms with E-state index in [1.54, 1.807) is 11.8 Å². The third-order valence-corrected chi connectivity index (χ3v) is 3.98. The van der Waals surface area contributed by atoms with E-state index in [-0.39, 0.29) is 6.54 Å². The second kappa shape index (κ2) is 5.50. The maximum absolute atomic E-state index is 10.7. The van der Waals surface area contributed by atoms with Gasteiger partial charge in [-0.3, -0.25) is 4.79 Å². The molecule has 0 aromatic rings. The van der Waals surface area contributed by atoms with Crippen LogP contribution in [-0.4, -0.2) is 28.1 Å². The first-order valence-electron chi connectivity index (χ1n) is 4.82. The highest BCUT2D eigenvalue weighted by Gasteiger charge is 2.22. The summed E-state index contributed by atoms with van der Waals surface area (Å²) < 4.78 is 0. The molecule has 1 rings (SSSR count). The Morgan fingerprint density at radius 2 is 2.08 bits per heavy atom. The number of rotatable bonds is 4. The summed E-state index contributed by atoms with van der Waals surface area (Å²) >= 11 is 1.55. The number of hydrogen-bond donors (Lipinski definition) is 2. The fraction of sp³-hybridized carbons (Fsp3) is 0.889. The first-order chi connectivity index (χ1) is 6.24. The van der Waals surface area contributed by atoms with Crippen molar-refractivity contribution in [3.8, 4) is 0 Å². The van der Waals surface area contributed by atoms with E-state index in [9.17, 15) is 4.79 Å². The van der Waals surface area contributed by atoms with Crippen molar-refractivity contribution in [2.24, 2.45) is 5.73 Å². The van der Waals surface area contributed by atoms with Crippen molar-refractivity contribution in [2.45, 2.75) is 42.6 Å². The van der Waals surface area contributed by atoms with E-state index >= 15 is 0 Å². The fourth-order valence-corrected chi connectivity index (χ4v) is 2.95. The molecule has 1 fully saturated rings. The molecule has 4 heteroatoms. The van der Waals surface area contributed by atoms with Gasteiger partial charge in [0.25, 0.3) is 0 Å². The van der Waals surface area contributed by atoms with Crippen LogP contribution in [0.1, 0.15) is 32.1 Å². The average molecular weight is 203 g/mol. The smallest absolute Gasteiger partial charge is 0.317 e. The summed E-state index contributed by atoms with van der Waals surface area (Å²) in [7, 11) is 0. The zero-order valence-corrected chi connectivity index (χ0v) is 8.55.